The highest BCUT2D eigenvalue weighted by Crippen LogP contribution is 2.51. The summed E-state index contributed by atoms with van der Waals surface area (Å²) in [5.41, 5.74) is 4.31. The van der Waals surface area contributed by atoms with Crippen LogP contribution in [0.4, 0.5) is 16.2 Å². The second-order valence-electron chi connectivity index (χ2n) is 13.3. The summed E-state index contributed by atoms with van der Waals surface area (Å²) in [6.07, 6.45) is 0.115. The predicted molar refractivity (Wildman–Crippen MR) is 192 cm³/mol. The quantitative estimate of drug-likeness (QED) is 0.156. The van der Waals surface area contributed by atoms with Gasteiger partial charge in [0, 0.05) is 53.9 Å². The maximum absolute atomic E-state index is 13.3. The Morgan fingerprint density at radius 1 is 1.06 bits per heavy atom. The SMILES string of the molecule is CCCC[C@]1(CC)CSc2ccc(N(C)C)cc2C(c2cccc(NC(=O)N[C@@H]3OC(CO)CC(OCc4ccccc4)C3O)c2)C1O. The summed E-state index contributed by atoms with van der Waals surface area (Å²) in [4.78, 5) is 16.6. The molecule has 48 heavy (non-hydrogen) atoms. The number of carbonyl (C=O) groups is 1. The van der Waals surface area contributed by atoms with Crippen molar-refractivity contribution >= 4 is 29.2 Å². The Morgan fingerprint density at radius 2 is 1.85 bits per heavy atom. The lowest BCUT2D eigenvalue weighted by Gasteiger charge is -2.40. The van der Waals surface area contributed by atoms with Gasteiger partial charge in [-0.3, -0.25) is 0 Å². The van der Waals surface area contributed by atoms with E-state index < -0.39 is 36.7 Å². The lowest BCUT2D eigenvalue weighted by atomic mass is 9.69. The fourth-order valence-electron chi connectivity index (χ4n) is 6.84. The molecule has 2 amide bonds. The first-order valence-corrected chi connectivity index (χ1v) is 18.1. The van der Waals surface area contributed by atoms with E-state index >= 15 is 0 Å². The number of urea groups is 1. The fourth-order valence-corrected chi connectivity index (χ4v) is 8.32. The Morgan fingerprint density at radius 3 is 2.56 bits per heavy atom. The lowest BCUT2D eigenvalue weighted by Crippen LogP contribution is -2.58. The molecule has 0 spiro atoms. The van der Waals surface area contributed by atoms with Gasteiger partial charge in [0.15, 0.2) is 6.23 Å². The highest BCUT2D eigenvalue weighted by Gasteiger charge is 2.45. The molecule has 0 radical (unpaired) electrons. The molecule has 2 aliphatic rings. The number of fused-ring (bicyclic) bond motifs is 1. The first-order valence-electron chi connectivity index (χ1n) is 17.1. The number of benzene rings is 3. The van der Waals surface area contributed by atoms with Crippen molar-refractivity contribution < 1.29 is 29.6 Å². The van der Waals surface area contributed by atoms with Gasteiger partial charge in [0.25, 0.3) is 0 Å². The Hall–Kier alpha value is -3.12. The third kappa shape index (κ3) is 8.35. The number of hydrogen-bond donors (Lipinski definition) is 5. The van der Waals surface area contributed by atoms with Crippen LogP contribution < -0.4 is 15.5 Å². The molecule has 2 aliphatic heterocycles. The minimum absolute atomic E-state index is 0.264. The van der Waals surface area contributed by atoms with Gasteiger partial charge in [-0.25, -0.2) is 4.79 Å². The second-order valence-corrected chi connectivity index (χ2v) is 14.3. The summed E-state index contributed by atoms with van der Waals surface area (Å²) in [5.74, 6) is 0.539. The van der Waals surface area contributed by atoms with Gasteiger partial charge < -0.3 is 40.3 Å². The fraction of sp³-hybridized carbons (Fsp3) is 0.500. The zero-order chi connectivity index (χ0) is 34.3. The van der Waals surface area contributed by atoms with Gasteiger partial charge in [-0.15, -0.1) is 11.8 Å². The van der Waals surface area contributed by atoms with Crippen molar-refractivity contribution in [2.24, 2.45) is 5.41 Å². The van der Waals surface area contributed by atoms with Crippen molar-refractivity contribution in [1.82, 2.24) is 5.32 Å². The molecule has 7 atom stereocenters. The number of nitrogens with one attached hydrogen (secondary N) is 2. The van der Waals surface area contributed by atoms with E-state index in [4.69, 9.17) is 9.47 Å². The molecule has 0 aromatic heterocycles. The number of aliphatic hydroxyl groups is 3. The summed E-state index contributed by atoms with van der Waals surface area (Å²) in [7, 11) is 4.04. The van der Waals surface area contributed by atoms with E-state index in [1.54, 1.807) is 0 Å². The number of carbonyl (C=O) groups excluding carboxylic acids is 1. The van der Waals surface area contributed by atoms with E-state index in [0.717, 1.165) is 53.8 Å². The molecule has 260 valence electrons. The van der Waals surface area contributed by atoms with Gasteiger partial charge in [0.1, 0.15) is 6.10 Å². The molecule has 2 heterocycles. The smallest absolute Gasteiger partial charge is 0.321 e. The van der Waals surface area contributed by atoms with Crippen LogP contribution in [0.5, 0.6) is 0 Å². The third-order valence-electron chi connectivity index (χ3n) is 9.85. The second kappa shape index (κ2) is 16.5. The molecule has 1 saturated heterocycles. The van der Waals surface area contributed by atoms with Crippen LogP contribution in [0.15, 0.2) is 77.7 Å². The van der Waals surface area contributed by atoms with Crippen molar-refractivity contribution in [3.63, 3.8) is 0 Å². The van der Waals surface area contributed by atoms with Gasteiger partial charge in [0.05, 0.1) is 31.5 Å². The van der Waals surface area contributed by atoms with Crippen LogP contribution in [0.3, 0.4) is 0 Å². The van der Waals surface area contributed by atoms with Crippen LogP contribution >= 0.6 is 11.8 Å². The van der Waals surface area contributed by atoms with Gasteiger partial charge in [-0.05, 0) is 59.9 Å². The number of nitrogens with zero attached hydrogens (tertiary/aromatic N) is 1. The van der Waals surface area contributed by atoms with E-state index in [1.165, 1.54) is 4.90 Å². The van der Waals surface area contributed by atoms with Crippen LogP contribution in [0.1, 0.15) is 68.6 Å². The van der Waals surface area contributed by atoms with Gasteiger partial charge >= 0.3 is 6.03 Å². The standard InChI is InChI=1S/C38H51N3O6S/c1-5-7-18-38(6-2)24-48-32-17-16-28(41(3)4)20-30(32)33(35(38)44)26-14-11-15-27(19-26)39-37(45)40-36-34(43)31(21-29(22-42)47-36)46-23-25-12-9-8-10-13-25/h8-17,19-20,29,31,33-36,42-44H,5-7,18,21-24H2,1-4H3,(H2,39,40,45)/t29?,31?,33?,34?,35?,36-,38-/m1/s1. The van der Waals surface area contributed by atoms with Crippen LogP contribution in [0.2, 0.25) is 0 Å². The molecule has 0 bridgehead atoms. The summed E-state index contributed by atoms with van der Waals surface area (Å²) in [6, 6.07) is 23.2. The average molecular weight is 678 g/mol. The van der Waals surface area contributed by atoms with Gasteiger partial charge in [0.2, 0.25) is 0 Å². The van der Waals surface area contributed by atoms with E-state index in [-0.39, 0.29) is 24.5 Å². The van der Waals surface area contributed by atoms with E-state index in [9.17, 15) is 20.1 Å². The van der Waals surface area contributed by atoms with Gasteiger partial charge in [-0.2, -0.15) is 0 Å². The molecule has 10 heteroatoms. The minimum Gasteiger partial charge on any atom is -0.394 e. The van der Waals surface area contributed by atoms with Gasteiger partial charge in [-0.1, -0.05) is 69.2 Å². The first kappa shape index (κ1) is 36.2. The van der Waals surface area contributed by atoms with Crippen molar-refractivity contribution in [2.45, 2.75) is 94.0 Å². The third-order valence-corrected chi connectivity index (χ3v) is 11.3. The lowest BCUT2D eigenvalue weighted by molar-refractivity contribution is -0.198. The number of aliphatic hydroxyl groups excluding tert-OH is 3. The van der Waals surface area contributed by atoms with Crippen LogP contribution in [-0.4, -0.2) is 78.4 Å². The Balaban J connectivity index is 1.36. The van der Waals surface area contributed by atoms with Crippen LogP contribution in [0, 0.1) is 5.41 Å². The minimum atomic E-state index is -1.14. The summed E-state index contributed by atoms with van der Waals surface area (Å²) in [5, 5.41) is 38.9. The summed E-state index contributed by atoms with van der Waals surface area (Å²) >= 11 is 1.83. The van der Waals surface area contributed by atoms with Crippen LogP contribution in [0.25, 0.3) is 0 Å². The molecule has 0 aliphatic carbocycles. The highest BCUT2D eigenvalue weighted by atomic mass is 32.2. The molecule has 0 saturated carbocycles. The monoisotopic (exact) mass is 677 g/mol. The normalized spacial score (nSPS) is 27.1. The van der Waals surface area contributed by atoms with E-state index in [2.05, 4.69) is 47.6 Å². The number of thioether (sulfide) groups is 1. The molecule has 5 N–H and O–H groups in total. The molecular formula is C38H51N3O6S. The summed E-state index contributed by atoms with van der Waals surface area (Å²) < 4.78 is 11.8. The largest absolute Gasteiger partial charge is 0.394 e. The first-order chi connectivity index (χ1) is 23.2. The van der Waals surface area contributed by atoms with E-state index in [1.807, 2.05) is 80.5 Å². The summed E-state index contributed by atoms with van der Waals surface area (Å²) in [6.45, 7) is 4.39. The molecule has 1 fully saturated rings. The Labute approximate surface area is 289 Å². The highest BCUT2D eigenvalue weighted by molar-refractivity contribution is 7.99. The number of rotatable bonds is 12. The maximum atomic E-state index is 13.3. The Bertz CT molecular complexity index is 1490. The number of ether oxygens (including phenoxy) is 2. The average Bonchev–Trinajstić information content (AvgIpc) is 3.21. The Kier molecular flexibility index (Phi) is 12.4. The number of amides is 2. The van der Waals surface area contributed by atoms with E-state index in [0.29, 0.717) is 12.1 Å². The van der Waals surface area contributed by atoms with Crippen LogP contribution in [-0.2, 0) is 16.1 Å². The topological polar surface area (TPSA) is 124 Å². The maximum Gasteiger partial charge on any atom is 0.321 e. The zero-order valence-corrected chi connectivity index (χ0v) is 29.3. The van der Waals surface area contributed by atoms with Crippen molar-refractivity contribution in [3.8, 4) is 0 Å². The predicted octanol–water partition coefficient (Wildman–Crippen LogP) is 6.11. The molecule has 5 rings (SSSR count). The molecule has 9 nitrogen and oxygen atoms in total. The van der Waals surface area contributed by atoms with Crippen molar-refractivity contribution in [3.05, 3.63) is 89.5 Å². The number of hydrogen-bond acceptors (Lipinski definition) is 8. The molecule has 3 aromatic rings. The molecule has 3 aromatic carbocycles. The number of anilines is 2. The van der Waals surface area contributed by atoms with Crippen molar-refractivity contribution in [2.75, 3.05) is 36.7 Å². The molecular weight excluding hydrogens is 627 g/mol. The number of unbranched alkanes of at least 4 members (excludes halogenated alkanes) is 1. The zero-order valence-electron chi connectivity index (χ0n) is 28.5. The van der Waals surface area contributed by atoms with Crippen molar-refractivity contribution in [1.29, 1.82) is 0 Å². The molecule has 5 unspecified atom stereocenters.